The van der Waals surface area contributed by atoms with Crippen LogP contribution in [0, 0.1) is 6.92 Å². The SMILES string of the molecule is COc1ccc(CCC(=O)CCCOS(=O)(=O)c2ccc(C)cc2)cc1. The van der Waals surface area contributed by atoms with Crippen molar-refractivity contribution in [1.82, 2.24) is 0 Å². The van der Waals surface area contributed by atoms with Gasteiger partial charge in [0.15, 0.2) is 0 Å². The van der Waals surface area contributed by atoms with Crippen LogP contribution in [0.5, 0.6) is 5.75 Å². The Morgan fingerprint density at radius 3 is 2.23 bits per heavy atom. The van der Waals surface area contributed by atoms with Gasteiger partial charge in [0.25, 0.3) is 10.1 Å². The van der Waals surface area contributed by atoms with E-state index in [2.05, 4.69) is 0 Å². The number of ether oxygens (including phenoxy) is 1. The Balaban J connectivity index is 1.70. The molecule has 0 saturated carbocycles. The molecule has 0 heterocycles. The molecule has 0 unspecified atom stereocenters. The van der Waals surface area contributed by atoms with Crippen LogP contribution in [-0.2, 0) is 25.5 Å². The van der Waals surface area contributed by atoms with Gasteiger partial charge in [0, 0.05) is 12.8 Å². The van der Waals surface area contributed by atoms with E-state index in [1.54, 1.807) is 19.2 Å². The van der Waals surface area contributed by atoms with Gasteiger partial charge in [0.2, 0.25) is 0 Å². The predicted molar refractivity (Wildman–Crippen MR) is 99.9 cm³/mol. The highest BCUT2D eigenvalue weighted by Crippen LogP contribution is 2.15. The van der Waals surface area contributed by atoms with Crippen LogP contribution in [0.3, 0.4) is 0 Å². The Morgan fingerprint density at radius 2 is 1.62 bits per heavy atom. The fourth-order valence-corrected chi connectivity index (χ4v) is 3.35. The molecule has 0 bridgehead atoms. The summed E-state index contributed by atoms with van der Waals surface area (Å²) in [6, 6.07) is 14.1. The average Bonchev–Trinajstić information content (AvgIpc) is 2.64. The van der Waals surface area contributed by atoms with Crippen molar-refractivity contribution < 1.29 is 22.1 Å². The third-order valence-corrected chi connectivity index (χ3v) is 5.33. The summed E-state index contributed by atoms with van der Waals surface area (Å²) in [7, 11) is -2.15. The molecule has 0 aliphatic rings. The fourth-order valence-electron chi connectivity index (χ4n) is 2.41. The molecule has 2 rings (SSSR count). The molecular weight excluding hydrogens is 352 g/mol. The van der Waals surface area contributed by atoms with Gasteiger partial charge in [0.05, 0.1) is 18.6 Å². The predicted octanol–water partition coefficient (Wildman–Crippen LogP) is 3.69. The molecule has 0 radical (unpaired) electrons. The minimum absolute atomic E-state index is 0.00445. The summed E-state index contributed by atoms with van der Waals surface area (Å²) in [4.78, 5) is 12.1. The van der Waals surface area contributed by atoms with E-state index in [1.807, 2.05) is 31.2 Å². The molecule has 0 amide bonds. The van der Waals surface area contributed by atoms with Crippen LogP contribution in [0.25, 0.3) is 0 Å². The topological polar surface area (TPSA) is 69.7 Å². The first kappa shape index (κ1) is 20.1. The second kappa shape index (κ2) is 9.50. The zero-order valence-corrected chi connectivity index (χ0v) is 15.9. The number of methoxy groups -OCH3 is 1. The van der Waals surface area contributed by atoms with Crippen LogP contribution in [0.1, 0.15) is 30.4 Å². The van der Waals surface area contributed by atoms with E-state index >= 15 is 0 Å². The maximum Gasteiger partial charge on any atom is 0.296 e. The summed E-state index contributed by atoms with van der Waals surface area (Å²) in [5.74, 6) is 0.879. The normalized spacial score (nSPS) is 11.3. The molecule has 26 heavy (non-hydrogen) atoms. The molecule has 140 valence electrons. The smallest absolute Gasteiger partial charge is 0.296 e. The Bertz CT molecular complexity index is 808. The Kier molecular flexibility index (Phi) is 7.36. The van der Waals surface area contributed by atoms with E-state index in [0.717, 1.165) is 16.9 Å². The molecule has 0 spiro atoms. The van der Waals surface area contributed by atoms with Crippen molar-refractivity contribution in [3.8, 4) is 5.75 Å². The van der Waals surface area contributed by atoms with Gasteiger partial charge in [-0.1, -0.05) is 29.8 Å². The van der Waals surface area contributed by atoms with E-state index in [9.17, 15) is 13.2 Å². The van der Waals surface area contributed by atoms with Crippen molar-refractivity contribution >= 4 is 15.9 Å². The molecule has 0 aliphatic heterocycles. The highest BCUT2D eigenvalue weighted by Gasteiger charge is 2.14. The Labute approximate surface area is 155 Å². The highest BCUT2D eigenvalue weighted by molar-refractivity contribution is 7.86. The standard InChI is InChI=1S/C20H24O5S/c1-16-5-13-20(14-6-16)26(22,23)25-15-3-4-18(21)10-7-17-8-11-19(24-2)12-9-17/h5-6,8-9,11-14H,3-4,7,10,15H2,1-2H3. The van der Waals surface area contributed by atoms with Crippen LogP contribution < -0.4 is 4.74 Å². The lowest BCUT2D eigenvalue weighted by atomic mass is 10.1. The first-order valence-electron chi connectivity index (χ1n) is 8.51. The zero-order chi connectivity index (χ0) is 19.0. The largest absolute Gasteiger partial charge is 0.497 e. The van der Waals surface area contributed by atoms with Crippen molar-refractivity contribution in [2.75, 3.05) is 13.7 Å². The quantitative estimate of drug-likeness (QED) is 0.467. The van der Waals surface area contributed by atoms with Gasteiger partial charge in [-0.15, -0.1) is 0 Å². The minimum atomic E-state index is -3.76. The van der Waals surface area contributed by atoms with Crippen LogP contribution in [0.15, 0.2) is 53.4 Å². The second-order valence-electron chi connectivity index (χ2n) is 6.08. The summed E-state index contributed by atoms with van der Waals surface area (Å²) in [6.45, 7) is 1.89. The third kappa shape index (κ3) is 6.28. The number of ketones is 1. The van der Waals surface area contributed by atoms with Crippen molar-refractivity contribution in [3.05, 3.63) is 59.7 Å². The summed E-state index contributed by atoms with van der Waals surface area (Å²) in [5, 5.41) is 0. The number of Topliss-reactive ketones (excluding diaryl/α,β-unsaturated/α-hetero) is 1. The monoisotopic (exact) mass is 376 g/mol. The number of aryl methyl sites for hydroxylation is 2. The van der Waals surface area contributed by atoms with E-state index in [-0.39, 0.29) is 17.3 Å². The average molecular weight is 376 g/mol. The summed E-state index contributed by atoms with van der Waals surface area (Å²) < 4.78 is 34.2. The van der Waals surface area contributed by atoms with E-state index in [0.29, 0.717) is 25.7 Å². The van der Waals surface area contributed by atoms with Gasteiger partial charge in [-0.05, 0) is 49.6 Å². The lowest BCUT2D eigenvalue weighted by molar-refractivity contribution is -0.119. The number of hydrogen-bond acceptors (Lipinski definition) is 5. The maximum atomic E-state index is 12.0. The molecule has 0 atom stereocenters. The van der Waals surface area contributed by atoms with E-state index < -0.39 is 10.1 Å². The summed E-state index contributed by atoms with van der Waals surface area (Å²) in [6.07, 6.45) is 1.77. The van der Waals surface area contributed by atoms with Crippen LogP contribution in [0.4, 0.5) is 0 Å². The van der Waals surface area contributed by atoms with Gasteiger partial charge in [-0.2, -0.15) is 8.42 Å². The van der Waals surface area contributed by atoms with Gasteiger partial charge in [-0.3, -0.25) is 8.98 Å². The van der Waals surface area contributed by atoms with Gasteiger partial charge >= 0.3 is 0 Å². The minimum Gasteiger partial charge on any atom is -0.497 e. The van der Waals surface area contributed by atoms with E-state index in [4.69, 9.17) is 8.92 Å². The number of hydrogen-bond donors (Lipinski definition) is 0. The van der Waals surface area contributed by atoms with Crippen molar-refractivity contribution in [2.24, 2.45) is 0 Å². The number of carbonyl (C=O) groups is 1. The lowest BCUT2D eigenvalue weighted by Gasteiger charge is -2.06. The lowest BCUT2D eigenvalue weighted by Crippen LogP contribution is -2.09. The van der Waals surface area contributed by atoms with Gasteiger partial charge in [0.1, 0.15) is 11.5 Å². The molecule has 0 saturated heterocycles. The van der Waals surface area contributed by atoms with Gasteiger partial charge < -0.3 is 4.74 Å². The number of benzene rings is 2. The number of carbonyl (C=O) groups excluding carboxylic acids is 1. The molecular formula is C20H24O5S. The molecule has 0 aliphatic carbocycles. The summed E-state index contributed by atoms with van der Waals surface area (Å²) in [5.41, 5.74) is 2.05. The molecule has 0 aromatic heterocycles. The first-order chi connectivity index (χ1) is 12.4. The van der Waals surface area contributed by atoms with Crippen molar-refractivity contribution in [1.29, 1.82) is 0 Å². The van der Waals surface area contributed by atoms with Crippen LogP contribution in [0.2, 0.25) is 0 Å². The Hall–Kier alpha value is -2.18. The molecule has 2 aromatic rings. The van der Waals surface area contributed by atoms with Crippen LogP contribution >= 0.6 is 0 Å². The summed E-state index contributed by atoms with van der Waals surface area (Å²) >= 11 is 0. The van der Waals surface area contributed by atoms with Crippen molar-refractivity contribution in [2.45, 2.75) is 37.5 Å². The van der Waals surface area contributed by atoms with Crippen molar-refractivity contribution in [3.63, 3.8) is 0 Å². The second-order valence-corrected chi connectivity index (χ2v) is 7.69. The molecule has 2 aromatic carbocycles. The van der Waals surface area contributed by atoms with Crippen LogP contribution in [-0.4, -0.2) is 27.9 Å². The molecule has 0 N–H and O–H groups in total. The Morgan fingerprint density at radius 1 is 0.962 bits per heavy atom. The van der Waals surface area contributed by atoms with Gasteiger partial charge in [-0.25, -0.2) is 0 Å². The third-order valence-electron chi connectivity index (χ3n) is 4.00. The number of rotatable bonds is 10. The molecule has 0 fully saturated rings. The highest BCUT2D eigenvalue weighted by atomic mass is 32.2. The molecule has 5 nitrogen and oxygen atoms in total. The molecule has 6 heteroatoms. The first-order valence-corrected chi connectivity index (χ1v) is 9.92. The zero-order valence-electron chi connectivity index (χ0n) is 15.1. The maximum absolute atomic E-state index is 12.0. The van der Waals surface area contributed by atoms with E-state index in [1.165, 1.54) is 12.1 Å². The fraction of sp³-hybridized carbons (Fsp3) is 0.350.